The molecule has 0 aliphatic heterocycles. The predicted octanol–water partition coefficient (Wildman–Crippen LogP) is 2.30. The molecule has 1 aliphatic carbocycles. The number of hydrogen-bond donors (Lipinski definition) is 0. The molecule has 0 aromatic carbocycles. The maximum atomic E-state index is 2.35. The van der Waals surface area contributed by atoms with Gasteiger partial charge in [-0.3, -0.25) is 0 Å². The van der Waals surface area contributed by atoms with Gasteiger partial charge in [0.05, 0.1) is 0 Å². The van der Waals surface area contributed by atoms with Crippen molar-refractivity contribution >= 4 is 0 Å². The zero-order valence-corrected chi connectivity index (χ0v) is 5.44. The van der Waals surface area contributed by atoms with Crippen LogP contribution >= 0.6 is 0 Å². The van der Waals surface area contributed by atoms with Crippen molar-refractivity contribution < 1.29 is 0 Å². The van der Waals surface area contributed by atoms with E-state index in [0.29, 0.717) is 0 Å². The maximum absolute atomic E-state index is 2.35. The van der Waals surface area contributed by atoms with Gasteiger partial charge in [0, 0.05) is 0 Å². The van der Waals surface area contributed by atoms with Crippen LogP contribution in [0.3, 0.4) is 0 Å². The average molecular weight is 98.2 g/mol. The summed E-state index contributed by atoms with van der Waals surface area (Å²) in [4.78, 5) is 0. The Labute approximate surface area is 45.9 Å². The van der Waals surface area contributed by atoms with Crippen LogP contribution in [0.5, 0.6) is 0 Å². The lowest BCUT2D eigenvalue weighted by atomic mass is 9.68. The maximum Gasteiger partial charge on any atom is -0.0391 e. The molecule has 0 N–H and O–H groups in total. The Bertz CT molecular complexity index is 58.4. The monoisotopic (exact) mass is 98.1 g/mol. The Hall–Kier alpha value is 0. The van der Waals surface area contributed by atoms with Crippen LogP contribution in [0.25, 0.3) is 0 Å². The quantitative estimate of drug-likeness (QED) is 0.436. The molecule has 0 aromatic heterocycles. The fourth-order valence-corrected chi connectivity index (χ4v) is 1.38. The number of rotatable bonds is 0. The molecule has 7 heavy (non-hydrogen) atoms. The topological polar surface area (TPSA) is 0 Å². The van der Waals surface area contributed by atoms with Crippen LogP contribution in [-0.2, 0) is 0 Å². The van der Waals surface area contributed by atoms with Crippen molar-refractivity contribution in [2.24, 2.45) is 17.8 Å². The third kappa shape index (κ3) is 0.667. The highest BCUT2D eigenvalue weighted by Crippen LogP contribution is 2.38. The number of hydrogen-bond acceptors (Lipinski definition) is 0. The normalized spacial score (nSPS) is 43.3. The van der Waals surface area contributed by atoms with E-state index in [1.165, 1.54) is 6.42 Å². The molecule has 0 aromatic rings. The Balaban J connectivity index is 2.29. The second kappa shape index (κ2) is 1.50. The van der Waals surface area contributed by atoms with Crippen LogP contribution in [0, 0.1) is 17.8 Å². The first-order chi connectivity index (χ1) is 3.22. The van der Waals surface area contributed by atoms with Gasteiger partial charge in [-0.15, -0.1) is 0 Å². The molecule has 1 fully saturated rings. The summed E-state index contributed by atoms with van der Waals surface area (Å²) in [5.74, 6) is 3.02. The standard InChI is InChI=1S/C7H14/c1-5-4-6(2)7(5)3/h5-7H,4H2,1-3H3/t5-,6-/m0/s1. The third-order valence-corrected chi connectivity index (χ3v) is 2.54. The highest BCUT2D eigenvalue weighted by Gasteiger charge is 2.29. The van der Waals surface area contributed by atoms with Gasteiger partial charge in [0.15, 0.2) is 0 Å². The minimum Gasteiger partial charge on any atom is -0.0622 e. The van der Waals surface area contributed by atoms with Crippen LogP contribution < -0.4 is 0 Å². The van der Waals surface area contributed by atoms with Crippen LogP contribution in [-0.4, -0.2) is 0 Å². The SMILES string of the molecule is CC1[C@@H](C)C[C@@H]1C. The van der Waals surface area contributed by atoms with E-state index in [1.807, 2.05) is 0 Å². The van der Waals surface area contributed by atoms with Crippen molar-refractivity contribution in [3.05, 3.63) is 0 Å². The summed E-state index contributed by atoms with van der Waals surface area (Å²) < 4.78 is 0. The molecule has 1 rings (SSSR count). The molecule has 0 amide bonds. The van der Waals surface area contributed by atoms with Crippen LogP contribution in [0.15, 0.2) is 0 Å². The highest BCUT2D eigenvalue weighted by atomic mass is 14.3. The summed E-state index contributed by atoms with van der Waals surface area (Å²) in [5, 5.41) is 0. The van der Waals surface area contributed by atoms with Gasteiger partial charge in [-0.25, -0.2) is 0 Å². The molecular formula is C7H14. The lowest BCUT2D eigenvalue weighted by Gasteiger charge is -2.38. The molecule has 0 radical (unpaired) electrons. The van der Waals surface area contributed by atoms with Gasteiger partial charge in [0.2, 0.25) is 0 Å². The first-order valence-electron chi connectivity index (χ1n) is 3.22. The van der Waals surface area contributed by atoms with E-state index < -0.39 is 0 Å². The molecular weight excluding hydrogens is 84.1 g/mol. The zero-order chi connectivity index (χ0) is 5.44. The van der Waals surface area contributed by atoms with Crippen molar-refractivity contribution in [2.75, 3.05) is 0 Å². The Morgan fingerprint density at radius 2 is 1.43 bits per heavy atom. The Kier molecular flexibility index (Phi) is 1.10. The largest absolute Gasteiger partial charge is 0.0622 e. The van der Waals surface area contributed by atoms with Crippen molar-refractivity contribution in [2.45, 2.75) is 27.2 Å². The molecule has 1 aliphatic rings. The van der Waals surface area contributed by atoms with Crippen LogP contribution in [0.4, 0.5) is 0 Å². The molecule has 0 unspecified atom stereocenters. The second-order valence-corrected chi connectivity index (χ2v) is 3.05. The van der Waals surface area contributed by atoms with E-state index >= 15 is 0 Å². The van der Waals surface area contributed by atoms with Crippen molar-refractivity contribution in [3.8, 4) is 0 Å². The van der Waals surface area contributed by atoms with Crippen LogP contribution in [0.1, 0.15) is 27.2 Å². The van der Waals surface area contributed by atoms with E-state index in [1.54, 1.807) is 0 Å². The lowest BCUT2D eigenvalue weighted by Crippen LogP contribution is -2.29. The zero-order valence-electron chi connectivity index (χ0n) is 5.44. The van der Waals surface area contributed by atoms with Gasteiger partial charge in [-0.2, -0.15) is 0 Å². The van der Waals surface area contributed by atoms with E-state index in [-0.39, 0.29) is 0 Å². The molecule has 42 valence electrons. The predicted molar refractivity (Wildman–Crippen MR) is 32.1 cm³/mol. The molecule has 0 bridgehead atoms. The Morgan fingerprint density at radius 1 is 1.00 bits per heavy atom. The molecule has 0 heterocycles. The molecule has 2 atom stereocenters. The van der Waals surface area contributed by atoms with Gasteiger partial charge in [-0.1, -0.05) is 20.8 Å². The van der Waals surface area contributed by atoms with Gasteiger partial charge >= 0.3 is 0 Å². The molecule has 0 saturated heterocycles. The summed E-state index contributed by atoms with van der Waals surface area (Å²) in [6.45, 7) is 7.02. The van der Waals surface area contributed by atoms with Gasteiger partial charge in [0.25, 0.3) is 0 Å². The van der Waals surface area contributed by atoms with E-state index in [4.69, 9.17) is 0 Å². The molecule has 0 spiro atoms. The van der Waals surface area contributed by atoms with E-state index in [9.17, 15) is 0 Å². The van der Waals surface area contributed by atoms with Crippen molar-refractivity contribution in [1.29, 1.82) is 0 Å². The van der Waals surface area contributed by atoms with E-state index in [0.717, 1.165) is 17.8 Å². The van der Waals surface area contributed by atoms with E-state index in [2.05, 4.69) is 20.8 Å². The average Bonchev–Trinajstić information content (AvgIpc) is 1.68. The Morgan fingerprint density at radius 3 is 1.43 bits per heavy atom. The molecule has 0 nitrogen and oxygen atoms in total. The van der Waals surface area contributed by atoms with Crippen molar-refractivity contribution in [1.82, 2.24) is 0 Å². The minimum absolute atomic E-state index is 1.000. The summed E-state index contributed by atoms with van der Waals surface area (Å²) in [7, 11) is 0. The summed E-state index contributed by atoms with van der Waals surface area (Å²) in [6.07, 6.45) is 1.46. The van der Waals surface area contributed by atoms with Crippen molar-refractivity contribution in [3.63, 3.8) is 0 Å². The van der Waals surface area contributed by atoms with Crippen LogP contribution in [0.2, 0.25) is 0 Å². The smallest absolute Gasteiger partial charge is 0.0391 e. The first kappa shape index (κ1) is 5.14. The highest BCUT2D eigenvalue weighted by molar-refractivity contribution is 4.79. The van der Waals surface area contributed by atoms with Gasteiger partial charge in [0.1, 0.15) is 0 Å². The third-order valence-electron chi connectivity index (χ3n) is 2.54. The van der Waals surface area contributed by atoms with Gasteiger partial charge in [-0.05, 0) is 24.2 Å². The minimum atomic E-state index is 1.000. The first-order valence-corrected chi connectivity index (χ1v) is 3.22. The summed E-state index contributed by atoms with van der Waals surface area (Å²) in [5.41, 5.74) is 0. The summed E-state index contributed by atoms with van der Waals surface area (Å²) >= 11 is 0. The fourth-order valence-electron chi connectivity index (χ4n) is 1.38. The second-order valence-electron chi connectivity index (χ2n) is 3.05. The molecule has 0 heteroatoms. The summed E-state index contributed by atoms with van der Waals surface area (Å²) in [6, 6.07) is 0. The lowest BCUT2D eigenvalue weighted by molar-refractivity contribution is 0.120. The van der Waals surface area contributed by atoms with Gasteiger partial charge < -0.3 is 0 Å². The fraction of sp³-hybridized carbons (Fsp3) is 1.00. The molecule has 1 saturated carbocycles.